The first-order valence-electron chi connectivity index (χ1n) is 9.64. The van der Waals surface area contributed by atoms with Crippen LogP contribution in [0.25, 0.3) is 0 Å². The maximum atomic E-state index is 13.3. The van der Waals surface area contributed by atoms with Crippen molar-refractivity contribution in [3.05, 3.63) is 60.2 Å². The second kappa shape index (κ2) is 7.86. The Morgan fingerprint density at radius 1 is 1.19 bits per heavy atom. The summed E-state index contributed by atoms with van der Waals surface area (Å²) in [5.74, 6) is 0.00307. The second-order valence-electron chi connectivity index (χ2n) is 7.37. The Morgan fingerprint density at radius 3 is 2.81 bits per heavy atom. The molecule has 0 bridgehead atoms. The quantitative estimate of drug-likeness (QED) is 0.907. The van der Waals surface area contributed by atoms with Crippen molar-refractivity contribution in [2.75, 3.05) is 0 Å². The maximum absolute atomic E-state index is 13.3. The van der Waals surface area contributed by atoms with Gasteiger partial charge in [-0.3, -0.25) is 14.6 Å². The number of aromatic nitrogens is 2. The van der Waals surface area contributed by atoms with Gasteiger partial charge < -0.3 is 10.2 Å². The SMILES string of the molecule is O=C1CCCC[C@@H]2[C@H](C[C@@H](Cc3ccccc3)N2C(=O)c2cnccn2)N1. The van der Waals surface area contributed by atoms with Crippen molar-refractivity contribution in [3.8, 4) is 0 Å². The fourth-order valence-electron chi connectivity index (χ4n) is 4.37. The van der Waals surface area contributed by atoms with Crippen molar-refractivity contribution in [1.29, 1.82) is 0 Å². The zero-order valence-electron chi connectivity index (χ0n) is 15.3. The summed E-state index contributed by atoms with van der Waals surface area (Å²) >= 11 is 0. The topological polar surface area (TPSA) is 75.2 Å². The molecule has 0 saturated carbocycles. The van der Waals surface area contributed by atoms with E-state index in [0.717, 1.165) is 32.1 Å². The number of nitrogens with one attached hydrogen (secondary N) is 1. The number of benzene rings is 1. The minimum atomic E-state index is -0.0913. The molecule has 6 heteroatoms. The van der Waals surface area contributed by atoms with Crippen LogP contribution >= 0.6 is 0 Å². The van der Waals surface area contributed by atoms with E-state index >= 15 is 0 Å². The van der Waals surface area contributed by atoms with Crippen LogP contribution in [-0.4, -0.2) is 44.8 Å². The molecule has 0 aliphatic carbocycles. The van der Waals surface area contributed by atoms with E-state index in [4.69, 9.17) is 0 Å². The molecule has 0 radical (unpaired) electrons. The highest BCUT2D eigenvalue weighted by atomic mass is 16.2. The van der Waals surface area contributed by atoms with Crippen LogP contribution in [0, 0.1) is 0 Å². The average molecular weight is 364 g/mol. The molecule has 3 heterocycles. The first-order chi connectivity index (χ1) is 13.2. The fraction of sp³-hybridized carbons (Fsp3) is 0.429. The summed E-state index contributed by atoms with van der Waals surface area (Å²) in [6, 6.07) is 10.3. The van der Waals surface area contributed by atoms with Gasteiger partial charge in [-0.2, -0.15) is 0 Å². The number of likely N-dealkylation sites (tertiary alicyclic amines) is 1. The van der Waals surface area contributed by atoms with Gasteiger partial charge in [0.05, 0.1) is 18.3 Å². The summed E-state index contributed by atoms with van der Waals surface area (Å²) in [6.45, 7) is 0. The largest absolute Gasteiger partial charge is 0.351 e. The second-order valence-corrected chi connectivity index (χ2v) is 7.37. The molecule has 2 fully saturated rings. The van der Waals surface area contributed by atoms with E-state index in [1.807, 2.05) is 23.1 Å². The van der Waals surface area contributed by atoms with Crippen LogP contribution in [0.5, 0.6) is 0 Å². The summed E-state index contributed by atoms with van der Waals surface area (Å²) in [6.07, 6.45) is 9.49. The number of nitrogens with zero attached hydrogens (tertiary/aromatic N) is 3. The molecule has 1 aromatic heterocycles. The van der Waals surface area contributed by atoms with E-state index < -0.39 is 0 Å². The third-order valence-electron chi connectivity index (χ3n) is 5.57. The number of amides is 2. The molecule has 0 spiro atoms. The minimum absolute atomic E-state index is 0.00661. The Bertz CT molecular complexity index is 796. The van der Waals surface area contributed by atoms with Gasteiger partial charge in [-0.25, -0.2) is 4.98 Å². The Hall–Kier alpha value is -2.76. The molecule has 140 valence electrons. The molecule has 27 heavy (non-hydrogen) atoms. The molecule has 0 unspecified atom stereocenters. The molecule has 2 aliphatic heterocycles. The van der Waals surface area contributed by atoms with Gasteiger partial charge >= 0.3 is 0 Å². The summed E-state index contributed by atoms with van der Waals surface area (Å²) in [5, 5.41) is 3.16. The highest BCUT2D eigenvalue weighted by Gasteiger charge is 2.44. The van der Waals surface area contributed by atoms with E-state index in [2.05, 4.69) is 27.4 Å². The predicted octanol–water partition coefficient (Wildman–Crippen LogP) is 2.36. The van der Waals surface area contributed by atoms with Crippen LogP contribution in [0.1, 0.15) is 48.2 Å². The van der Waals surface area contributed by atoms with Crippen molar-refractivity contribution < 1.29 is 9.59 Å². The van der Waals surface area contributed by atoms with Gasteiger partial charge in [0.2, 0.25) is 5.91 Å². The summed E-state index contributed by atoms with van der Waals surface area (Å²) < 4.78 is 0. The lowest BCUT2D eigenvalue weighted by Gasteiger charge is -2.32. The van der Waals surface area contributed by atoms with Crippen LogP contribution in [0.3, 0.4) is 0 Å². The maximum Gasteiger partial charge on any atom is 0.274 e. The van der Waals surface area contributed by atoms with E-state index in [1.165, 1.54) is 11.8 Å². The smallest absolute Gasteiger partial charge is 0.274 e. The predicted molar refractivity (Wildman–Crippen MR) is 101 cm³/mol. The van der Waals surface area contributed by atoms with E-state index in [0.29, 0.717) is 12.1 Å². The molecule has 3 atom stereocenters. The first-order valence-corrected chi connectivity index (χ1v) is 9.64. The third kappa shape index (κ3) is 3.84. The highest BCUT2D eigenvalue weighted by molar-refractivity contribution is 5.93. The Morgan fingerprint density at radius 2 is 2.04 bits per heavy atom. The normalized spacial score (nSPS) is 25.3. The molecule has 4 rings (SSSR count). The third-order valence-corrected chi connectivity index (χ3v) is 5.57. The fourth-order valence-corrected chi connectivity index (χ4v) is 4.37. The molecule has 2 aliphatic rings. The van der Waals surface area contributed by atoms with Gasteiger partial charge in [0.15, 0.2) is 0 Å². The van der Waals surface area contributed by atoms with Crippen molar-refractivity contribution in [1.82, 2.24) is 20.2 Å². The lowest BCUT2D eigenvalue weighted by atomic mass is 9.97. The van der Waals surface area contributed by atoms with Gasteiger partial charge in [0.1, 0.15) is 5.69 Å². The van der Waals surface area contributed by atoms with E-state index in [-0.39, 0.29) is 29.9 Å². The van der Waals surface area contributed by atoms with E-state index in [1.54, 1.807) is 12.4 Å². The van der Waals surface area contributed by atoms with Crippen LogP contribution in [0.15, 0.2) is 48.9 Å². The summed E-state index contributed by atoms with van der Waals surface area (Å²) in [4.78, 5) is 35.7. The lowest BCUT2D eigenvalue weighted by molar-refractivity contribution is -0.122. The Balaban J connectivity index is 1.64. The Kier molecular flexibility index (Phi) is 5.14. The van der Waals surface area contributed by atoms with Crippen molar-refractivity contribution in [3.63, 3.8) is 0 Å². The van der Waals surface area contributed by atoms with Crippen molar-refractivity contribution in [2.45, 2.75) is 56.7 Å². The monoisotopic (exact) mass is 364 g/mol. The van der Waals surface area contributed by atoms with Crippen molar-refractivity contribution >= 4 is 11.8 Å². The molecule has 1 N–H and O–H groups in total. The van der Waals surface area contributed by atoms with Gasteiger partial charge in [-0.1, -0.05) is 36.8 Å². The molecule has 1 aromatic carbocycles. The summed E-state index contributed by atoms with van der Waals surface area (Å²) in [7, 11) is 0. The minimum Gasteiger partial charge on any atom is -0.351 e. The standard InChI is InChI=1S/C21H24N4O2/c26-20-9-5-4-8-19-17(24-20)13-16(12-15-6-2-1-3-7-15)25(19)21(27)18-14-22-10-11-23-18/h1-3,6-7,10-11,14,16-17,19H,4-5,8-9,12-13H2,(H,24,26)/t16-,17+,19-/m1/s1. The zero-order chi connectivity index (χ0) is 18.6. The highest BCUT2D eigenvalue weighted by Crippen LogP contribution is 2.33. The van der Waals surface area contributed by atoms with Gasteiger partial charge in [0.25, 0.3) is 5.91 Å². The summed E-state index contributed by atoms with van der Waals surface area (Å²) in [5.41, 5.74) is 1.56. The van der Waals surface area contributed by atoms with Crippen LogP contribution < -0.4 is 5.32 Å². The molecular formula is C21H24N4O2. The average Bonchev–Trinajstić information content (AvgIpc) is 3.00. The molecule has 2 saturated heterocycles. The Labute approximate surface area is 159 Å². The molecule has 2 amide bonds. The number of rotatable bonds is 3. The van der Waals surface area contributed by atoms with Crippen LogP contribution in [-0.2, 0) is 11.2 Å². The van der Waals surface area contributed by atoms with Crippen LogP contribution in [0.4, 0.5) is 0 Å². The van der Waals surface area contributed by atoms with Gasteiger partial charge in [-0.05, 0) is 31.2 Å². The number of fused-ring (bicyclic) bond motifs is 1. The van der Waals surface area contributed by atoms with E-state index in [9.17, 15) is 9.59 Å². The number of carbonyl (C=O) groups excluding carboxylic acids is 2. The number of hydrogen-bond donors (Lipinski definition) is 1. The van der Waals surface area contributed by atoms with Gasteiger partial charge in [-0.15, -0.1) is 0 Å². The molecular weight excluding hydrogens is 340 g/mol. The first kappa shape index (κ1) is 17.6. The van der Waals surface area contributed by atoms with Gasteiger partial charge in [0, 0.05) is 24.9 Å². The van der Waals surface area contributed by atoms with Crippen molar-refractivity contribution in [2.24, 2.45) is 0 Å². The molecule has 6 nitrogen and oxygen atoms in total. The lowest BCUT2D eigenvalue weighted by Crippen LogP contribution is -2.49. The molecule has 2 aromatic rings. The zero-order valence-corrected chi connectivity index (χ0v) is 15.3. The number of hydrogen-bond acceptors (Lipinski definition) is 4. The van der Waals surface area contributed by atoms with Crippen LogP contribution in [0.2, 0.25) is 0 Å². The number of carbonyl (C=O) groups is 2.